The molecule has 1 aliphatic heterocycles. The monoisotopic (exact) mass is 253 g/mol. The second kappa shape index (κ2) is 4.72. The predicted octanol–water partition coefficient (Wildman–Crippen LogP) is 2.26. The van der Waals surface area contributed by atoms with Gasteiger partial charge in [0.15, 0.2) is 0 Å². The van der Waals surface area contributed by atoms with Crippen molar-refractivity contribution in [1.29, 1.82) is 0 Å². The Morgan fingerprint density at radius 2 is 2.17 bits per heavy atom. The Morgan fingerprint density at radius 3 is 2.67 bits per heavy atom. The van der Waals surface area contributed by atoms with Gasteiger partial charge in [0.25, 0.3) is 0 Å². The van der Waals surface area contributed by atoms with Gasteiger partial charge in [0.2, 0.25) is 11.7 Å². The van der Waals surface area contributed by atoms with Crippen LogP contribution >= 0.6 is 0 Å². The van der Waals surface area contributed by atoms with E-state index in [9.17, 15) is 4.79 Å². The lowest BCUT2D eigenvalue weighted by molar-refractivity contribution is 0.0558. The van der Waals surface area contributed by atoms with E-state index in [2.05, 4.69) is 4.98 Å². The van der Waals surface area contributed by atoms with Crippen molar-refractivity contribution in [1.82, 2.24) is 4.98 Å². The maximum Gasteiger partial charge on any atom is 0.376 e. The van der Waals surface area contributed by atoms with Crippen molar-refractivity contribution in [2.24, 2.45) is 0 Å². The number of ether oxygens (including phenoxy) is 2. The van der Waals surface area contributed by atoms with Crippen LogP contribution in [0.4, 0.5) is 0 Å². The van der Waals surface area contributed by atoms with E-state index in [0.29, 0.717) is 24.8 Å². The molecule has 0 N–H and O–H groups in total. The molecule has 0 spiro atoms. The van der Waals surface area contributed by atoms with Crippen LogP contribution in [0.3, 0.4) is 0 Å². The van der Waals surface area contributed by atoms with Gasteiger partial charge in [-0.25, -0.2) is 9.78 Å². The van der Waals surface area contributed by atoms with Gasteiger partial charge < -0.3 is 13.9 Å². The molecule has 1 atom stereocenters. The van der Waals surface area contributed by atoms with Crippen molar-refractivity contribution >= 4 is 5.97 Å². The first kappa shape index (κ1) is 13.1. The fourth-order valence-corrected chi connectivity index (χ4v) is 1.98. The molecule has 2 rings (SSSR count). The zero-order valence-electron chi connectivity index (χ0n) is 11.3. The van der Waals surface area contributed by atoms with Crippen LogP contribution in [0.5, 0.6) is 0 Å². The lowest BCUT2D eigenvalue weighted by Gasteiger charge is -2.15. The summed E-state index contributed by atoms with van der Waals surface area (Å²) in [7, 11) is 1.34. The number of nitrogens with zero attached hydrogens (tertiary/aromatic N) is 1. The lowest BCUT2D eigenvalue weighted by Crippen LogP contribution is -2.17. The van der Waals surface area contributed by atoms with Crippen molar-refractivity contribution in [3.63, 3.8) is 0 Å². The molecule has 0 aromatic carbocycles. The summed E-state index contributed by atoms with van der Waals surface area (Å²) in [5, 5.41) is 0. The molecule has 1 aromatic heterocycles. The normalized spacial score (nSPS) is 20.1. The third-order valence-electron chi connectivity index (χ3n) is 3.00. The average molecular weight is 253 g/mol. The minimum atomic E-state index is -0.474. The summed E-state index contributed by atoms with van der Waals surface area (Å²) in [6, 6.07) is 0. The minimum absolute atomic E-state index is 0.143. The highest BCUT2D eigenvalue weighted by Crippen LogP contribution is 2.31. The van der Waals surface area contributed by atoms with E-state index in [-0.39, 0.29) is 17.1 Å². The van der Waals surface area contributed by atoms with Crippen LogP contribution in [-0.4, -0.2) is 31.3 Å². The van der Waals surface area contributed by atoms with Gasteiger partial charge in [-0.3, -0.25) is 0 Å². The average Bonchev–Trinajstić information content (AvgIpc) is 2.94. The molecule has 1 aliphatic rings. The summed E-state index contributed by atoms with van der Waals surface area (Å²) in [5.74, 6) is 0.465. The van der Waals surface area contributed by atoms with Crippen LogP contribution < -0.4 is 0 Å². The number of carbonyl (C=O) groups excluding carboxylic acids is 1. The van der Waals surface area contributed by atoms with Gasteiger partial charge in [0.1, 0.15) is 0 Å². The molecular formula is C13H19NO4. The number of oxazole rings is 1. The standard InChI is InChI=1S/C13H19NO4/c1-13(2,3)10-9(12(15)16-4)18-11(14-10)8-5-6-17-7-8/h8H,5-7H2,1-4H3. The van der Waals surface area contributed by atoms with E-state index < -0.39 is 5.97 Å². The zero-order chi connectivity index (χ0) is 13.3. The van der Waals surface area contributed by atoms with Crippen molar-refractivity contribution in [2.45, 2.75) is 38.5 Å². The number of methoxy groups -OCH3 is 1. The number of esters is 1. The van der Waals surface area contributed by atoms with Crippen LogP contribution in [0.1, 0.15) is 55.2 Å². The highest BCUT2D eigenvalue weighted by Gasteiger charge is 2.32. The number of aromatic nitrogens is 1. The molecule has 0 bridgehead atoms. The van der Waals surface area contributed by atoms with Crippen LogP contribution in [0.25, 0.3) is 0 Å². The molecule has 5 nitrogen and oxygen atoms in total. The van der Waals surface area contributed by atoms with E-state index in [1.54, 1.807) is 0 Å². The van der Waals surface area contributed by atoms with Crippen LogP contribution in [0, 0.1) is 0 Å². The molecule has 1 saturated heterocycles. The Labute approximate surface area is 106 Å². The van der Waals surface area contributed by atoms with Crippen LogP contribution in [0.2, 0.25) is 0 Å². The molecule has 1 aromatic rings. The summed E-state index contributed by atoms with van der Waals surface area (Å²) in [5.41, 5.74) is 0.390. The fourth-order valence-electron chi connectivity index (χ4n) is 1.98. The molecule has 2 heterocycles. The summed E-state index contributed by atoms with van der Waals surface area (Å²) < 4.78 is 15.7. The first-order chi connectivity index (χ1) is 8.43. The number of rotatable bonds is 2. The first-order valence-corrected chi connectivity index (χ1v) is 6.10. The van der Waals surface area contributed by atoms with Crippen molar-refractivity contribution in [3.8, 4) is 0 Å². The Hall–Kier alpha value is -1.36. The Balaban J connectivity index is 2.40. The van der Waals surface area contributed by atoms with E-state index in [1.165, 1.54) is 7.11 Å². The number of carbonyl (C=O) groups is 1. The van der Waals surface area contributed by atoms with Gasteiger partial charge in [0, 0.05) is 12.0 Å². The third kappa shape index (κ3) is 2.41. The quantitative estimate of drug-likeness (QED) is 0.756. The zero-order valence-corrected chi connectivity index (χ0v) is 11.3. The Bertz CT molecular complexity index is 438. The highest BCUT2D eigenvalue weighted by atomic mass is 16.5. The molecule has 0 saturated carbocycles. The number of hydrogen-bond acceptors (Lipinski definition) is 5. The van der Waals surface area contributed by atoms with E-state index >= 15 is 0 Å². The van der Waals surface area contributed by atoms with Crippen molar-refractivity contribution in [3.05, 3.63) is 17.3 Å². The van der Waals surface area contributed by atoms with Gasteiger partial charge in [-0.05, 0) is 6.42 Å². The molecule has 1 unspecified atom stereocenters. The van der Waals surface area contributed by atoms with E-state index in [4.69, 9.17) is 13.9 Å². The molecule has 18 heavy (non-hydrogen) atoms. The molecule has 1 fully saturated rings. The first-order valence-electron chi connectivity index (χ1n) is 6.10. The second-order valence-corrected chi connectivity index (χ2v) is 5.53. The van der Waals surface area contributed by atoms with Gasteiger partial charge in [-0.15, -0.1) is 0 Å². The summed E-state index contributed by atoms with van der Waals surface area (Å²) in [4.78, 5) is 16.2. The van der Waals surface area contributed by atoms with E-state index in [0.717, 1.165) is 6.42 Å². The third-order valence-corrected chi connectivity index (χ3v) is 3.00. The van der Waals surface area contributed by atoms with Gasteiger partial charge in [-0.2, -0.15) is 0 Å². The highest BCUT2D eigenvalue weighted by molar-refractivity contribution is 5.87. The molecule has 5 heteroatoms. The minimum Gasteiger partial charge on any atom is -0.463 e. The van der Waals surface area contributed by atoms with E-state index in [1.807, 2.05) is 20.8 Å². The van der Waals surface area contributed by atoms with Gasteiger partial charge in [0.05, 0.1) is 25.3 Å². The molecular weight excluding hydrogens is 234 g/mol. The Morgan fingerprint density at radius 1 is 1.44 bits per heavy atom. The van der Waals surface area contributed by atoms with Gasteiger partial charge >= 0.3 is 5.97 Å². The Kier molecular flexibility index (Phi) is 3.43. The maximum atomic E-state index is 11.7. The van der Waals surface area contributed by atoms with Crippen molar-refractivity contribution in [2.75, 3.05) is 20.3 Å². The maximum absolute atomic E-state index is 11.7. The SMILES string of the molecule is COC(=O)c1oc(C2CCOC2)nc1C(C)(C)C. The van der Waals surface area contributed by atoms with Crippen LogP contribution in [0.15, 0.2) is 4.42 Å². The molecule has 100 valence electrons. The topological polar surface area (TPSA) is 61.6 Å². The smallest absolute Gasteiger partial charge is 0.376 e. The van der Waals surface area contributed by atoms with Crippen LogP contribution in [-0.2, 0) is 14.9 Å². The fraction of sp³-hybridized carbons (Fsp3) is 0.692. The summed E-state index contributed by atoms with van der Waals surface area (Å²) in [6.45, 7) is 7.29. The summed E-state index contributed by atoms with van der Waals surface area (Å²) >= 11 is 0. The number of hydrogen-bond donors (Lipinski definition) is 0. The predicted molar refractivity (Wildman–Crippen MR) is 64.7 cm³/mol. The van der Waals surface area contributed by atoms with Gasteiger partial charge in [-0.1, -0.05) is 20.8 Å². The molecule has 0 radical (unpaired) electrons. The second-order valence-electron chi connectivity index (χ2n) is 5.53. The molecule has 0 amide bonds. The van der Waals surface area contributed by atoms with Crippen molar-refractivity contribution < 1.29 is 18.7 Å². The summed E-state index contributed by atoms with van der Waals surface area (Å²) in [6.07, 6.45) is 0.880. The molecule has 0 aliphatic carbocycles. The largest absolute Gasteiger partial charge is 0.463 e. The lowest BCUT2D eigenvalue weighted by atomic mass is 9.91.